The predicted molar refractivity (Wildman–Crippen MR) is 58.4 cm³/mol. The first-order valence-corrected chi connectivity index (χ1v) is 5.23. The highest BCUT2D eigenvalue weighted by Crippen LogP contribution is 2.21. The molecule has 4 heteroatoms. The van der Waals surface area contributed by atoms with Gasteiger partial charge in [0.15, 0.2) is 6.29 Å². The number of methoxy groups -OCH3 is 2. The molecule has 0 N–H and O–H groups in total. The topological polar surface area (TPSA) is 40.2 Å². The van der Waals surface area contributed by atoms with Gasteiger partial charge in [-0.25, -0.2) is 0 Å². The van der Waals surface area contributed by atoms with Gasteiger partial charge in [-0.1, -0.05) is 12.1 Å². The maximum Gasteiger partial charge on any atom is 0.183 e. The molecule has 0 saturated carbocycles. The van der Waals surface area contributed by atoms with E-state index in [0.29, 0.717) is 6.61 Å². The van der Waals surface area contributed by atoms with Gasteiger partial charge in [0.25, 0.3) is 0 Å². The lowest BCUT2D eigenvalue weighted by molar-refractivity contribution is -0.106. The van der Waals surface area contributed by atoms with Gasteiger partial charge < -0.3 is 18.9 Å². The zero-order valence-corrected chi connectivity index (χ0v) is 9.51. The molecule has 0 amide bonds. The van der Waals surface area contributed by atoms with Crippen LogP contribution in [0.3, 0.4) is 0 Å². The van der Waals surface area contributed by atoms with E-state index in [1.807, 2.05) is 24.3 Å². The number of epoxide rings is 1. The lowest BCUT2D eigenvalue weighted by atomic mass is 10.2. The molecule has 4 nitrogen and oxygen atoms in total. The summed E-state index contributed by atoms with van der Waals surface area (Å²) in [7, 11) is 3.23. The summed E-state index contributed by atoms with van der Waals surface area (Å²) in [5.74, 6) is 0.838. The standard InChI is InChI=1S/C12H16O4/c1-13-12(14-2)9-3-5-10(6-4-9)15-7-11-8-16-11/h3-6,11-12H,7-8H2,1-2H3. The third kappa shape index (κ3) is 2.95. The molecule has 1 aromatic rings. The Morgan fingerprint density at radius 1 is 1.25 bits per heavy atom. The van der Waals surface area contributed by atoms with Gasteiger partial charge in [-0.05, 0) is 12.1 Å². The van der Waals surface area contributed by atoms with Crippen LogP contribution in [-0.2, 0) is 14.2 Å². The van der Waals surface area contributed by atoms with Crippen LogP contribution in [0.2, 0.25) is 0 Å². The van der Waals surface area contributed by atoms with Crippen LogP contribution in [0, 0.1) is 0 Å². The van der Waals surface area contributed by atoms with E-state index in [-0.39, 0.29) is 12.4 Å². The molecule has 1 unspecified atom stereocenters. The van der Waals surface area contributed by atoms with Crippen LogP contribution in [-0.4, -0.2) is 33.5 Å². The third-order valence-electron chi connectivity index (χ3n) is 2.42. The van der Waals surface area contributed by atoms with E-state index in [1.165, 1.54) is 0 Å². The van der Waals surface area contributed by atoms with Crippen LogP contribution in [0.5, 0.6) is 5.75 Å². The first-order chi connectivity index (χ1) is 7.83. The Balaban J connectivity index is 1.91. The van der Waals surface area contributed by atoms with E-state index in [0.717, 1.165) is 17.9 Å². The Labute approximate surface area is 95.1 Å². The number of ether oxygens (including phenoxy) is 4. The van der Waals surface area contributed by atoms with Gasteiger partial charge in [0.2, 0.25) is 0 Å². The van der Waals surface area contributed by atoms with E-state index < -0.39 is 0 Å². The Morgan fingerprint density at radius 2 is 1.88 bits per heavy atom. The van der Waals surface area contributed by atoms with Crippen molar-refractivity contribution < 1.29 is 18.9 Å². The molecule has 1 saturated heterocycles. The normalized spacial score (nSPS) is 18.8. The molecular weight excluding hydrogens is 208 g/mol. The molecule has 2 rings (SSSR count). The Kier molecular flexibility index (Phi) is 3.77. The van der Waals surface area contributed by atoms with Crippen molar-refractivity contribution in [2.75, 3.05) is 27.4 Å². The van der Waals surface area contributed by atoms with E-state index in [2.05, 4.69) is 0 Å². The van der Waals surface area contributed by atoms with Crippen LogP contribution < -0.4 is 4.74 Å². The smallest absolute Gasteiger partial charge is 0.183 e. The zero-order chi connectivity index (χ0) is 11.4. The van der Waals surface area contributed by atoms with Gasteiger partial charge >= 0.3 is 0 Å². The molecule has 1 aromatic carbocycles. The van der Waals surface area contributed by atoms with Gasteiger partial charge in [-0.3, -0.25) is 0 Å². The quantitative estimate of drug-likeness (QED) is 0.545. The highest BCUT2D eigenvalue weighted by atomic mass is 16.7. The summed E-state index contributed by atoms with van der Waals surface area (Å²) in [5, 5.41) is 0. The molecule has 1 heterocycles. The van der Waals surface area contributed by atoms with Gasteiger partial charge in [0.05, 0.1) is 6.61 Å². The first-order valence-electron chi connectivity index (χ1n) is 5.23. The largest absolute Gasteiger partial charge is 0.491 e. The Morgan fingerprint density at radius 3 is 2.38 bits per heavy atom. The second-order valence-electron chi connectivity index (χ2n) is 3.64. The van der Waals surface area contributed by atoms with Crippen molar-refractivity contribution in [3.63, 3.8) is 0 Å². The molecule has 1 atom stereocenters. The first kappa shape index (κ1) is 11.4. The lowest BCUT2D eigenvalue weighted by Gasteiger charge is -2.14. The molecule has 0 radical (unpaired) electrons. The third-order valence-corrected chi connectivity index (χ3v) is 2.42. The molecule has 1 aliphatic rings. The number of benzene rings is 1. The van der Waals surface area contributed by atoms with E-state index in [4.69, 9.17) is 18.9 Å². The second-order valence-corrected chi connectivity index (χ2v) is 3.64. The summed E-state index contributed by atoms with van der Waals surface area (Å²) >= 11 is 0. The molecule has 0 spiro atoms. The highest BCUT2D eigenvalue weighted by Gasteiger charge is 2.23. The van der Waals surface area contributed by atoms with Gasteiger partial charge in [-0.15, -0.1) is 0 Å². The lowest BCUT2D eigenvalue weighted by Crippen LogP contribution is -2.05. The van der Waals surface area contributed by atoms with Crippen molar-refractivity contribution in [3.8, 4) is 5.75 Å². The summed E-state index contributed by atoms with van der Waals surface area (Å²) in [6.07, 6.45) is -0.0359. The maximum absolute atomic E-state index is 5.53. The van der Waals surface area contributed by atoms with Gasteiger partial charge in [0, 0.05) is 19.8 Å². The zero-order valence-electron chi connectivity index (χ0n) is 9.51. The van der Waals surface area contributed by atoms with Crippen molar-refractivity contribution >= 4 is 0 Å². The molecule has 0 aromatic heterocycles. The summed E-state index contributed by atoms with van der Waals surface area (Å²) in [6.45, 7) is 1.44. The average Bonchev–Trinajstić information content (AvgIpc) is 3.13. The van der Waals surface area contributed by atoms with Gasteiger partial charge in [-0.2, -0.15) is 0 Å². The minimum atomic E-state index is -0.319. The van der Waals surface area contributed by atoms with Crippen molar-refractivity contribution in [1.82, 2.24) is 0 Å². The summed E-state index contributed by atoms with van der Waals surface area (Å²) < 4.78 is 20.9. The maximum atomic E-state index is 5.53. The molecule has 16 heavy (non-hydrogen) atoms. The van der Waals surface area contributed by atoms with Crippen LogP contribution in [0.4, 0.5) is 0 Å². The van der Waals surface area contributed by atoms with E-state index in [1.54, 1.807) is 14.2 Å². The fourth-order valence-electron chi connectivity index (χ4n) is 1.44. The van der Waals surface area contributed by atoms with Crippen molar-refractivity contribution in [1.29, 1.82) is 0 Å². The minimum Gasteiger partial charge on any atom is -0.491 e. The van der Waals surface area contributed by atoms with Gasteiger partial charge in [0.1, 0.15) is 18.5 Å². The highest BCUT2D eigenvalue weighted by molar-refractivity contribution is 5.28. The van der Waals surface area contributed by atoms with E-state index in [9.17, 15) is 0 Å². The van der Waals surface area contributed by atoms with Crippen LogP contribution >= 0.6 is 0 Å². The van der Waals surface area contributed by atoms with Crippen LogP contribution in [0.15, 0.2) is 24.3 Å². The van der Waals surface area contributed by atoms with Crippen molar-refractivity contribution in [2.45, 2.75) is 12.4 Å². The average molecular weight is 224 g/mol. The molecule has 1 aliphatic heterocycles. The molecular formula is C12H16O4. The fraction of sp³-hybridized carbons (Fsp3) is 0.500. The molecule has 0 aliphatic carbocycles. The summed E-state index contributed by atoms with van der Waals surface area (Å²) in [6, 6.07) is 7.67. The molecule has 88 valence electrons. The SMILES string of the molecule is COC(OC)c1ccc(OCC2CO2)cc1. The van der Waals surface area contributed by atoms with Crippen molar-refractivity contribution in [2.24, 2.45) is 0 Å². The Bertz CT molecular complexity index is 314. The fourth-order valence-corrected chi connectivity index (χ4v) is 1.44. The minimum absolute atomic E-state index is 0.283. The van der Waals surface area contributed by atoms with E-state index >= 15 is 0 Å². The number of hydrogen-bond acceptors (Lipinski definition) is 4. The Hall–Kier alpha value is -1.10. The van der Waals surface area contributed by atoms with Crippen LogP contribution in [0.25, 0.3) is 0 Å². The molecule has 0 bridgehead atoms. The monoisotopic (exact) mass is 224 g/mol. The summed E-state index contributed by atoms with van der Waals surface area (Å²) in [5.41, 5.74) is 0.972. The van der Waals surface area contributed by atoms with Crippen LogP contribution in [0.1, 0.15) is 11.9 Å². The number of rotatable bonds is 6. The van der Waals surface area contributed by atoms with Crippen molar-refractivity contribution in [3.05, 3.63) is 29.8 Å². The second kappa shape index (κ2) is 5.30. The number of hydrogen-bond donors (Lipinski definition) is 0. The molecule has 1 fully saturated rings. The predicted octanol–water partition coefficient (Wildman–Crippen LogP) is 1.76. The summed E-state index contributed by atoms with van der Waals surface area (Å²) in [4.78, 5) is 0.